The molecule has 2 atom stereocenters. The van der Waals surface area contributed by atoms with Gasteiger partial charge < -0.3 is 10.4 Å². The van der Waals surface area contributed by atoms with Crippen LogP contribution in [-0.4, -0.2) is 11.1 Å². The highest BCUT2D eigenvalue weighted by Gasteiger charge is 2.28. The molecule has 4 heteroatoms. The van der Waals surface area contributed by atoms with E-state index in [0.717, 1.165) is 23.4 Å². The fourth-order valence-corrected chi connectivity index (χ4v) is 2.45. The van der Waals surface area contributed by atoms with Crippen molar-refractivity contribution in [2.75, 3.05) is 5.32 Å². The molecule has 1 heterocycles. The molecule has 2 nitrogen and oxygen atoms in total. The van der Waals surface area contributed by atoms with E-state index >= 15 is 0 Å². The van der Waals surface area contributed by atoms with Gasteiger partial charge in [0.15, 0.2) is 11.6 Å². The molecule has 1 aliphatic rings. The van der Waals surface area contributed by atoms with Crippen molar-refractivity contribution >= 4 is 5.69 Å². The van der Waals surface area contributed by atoms with E-state index in [1.54, 1.807) is 0 Å². The van der Waals surface area contributed by atoms with Crippen molar-refractivity contribution in [3.63, 3.8) is 0 Å². The summed E-state index contributed by atoms with van der Waals surface area (Å²) in [4.78, 5) is 0. The highest BCUT2D eigenvalue weighted by molar-refractivity contribution is 5.57. The molecule has 0 bridgehead atoms. The summed E-state index contributed by atoms with van der Waals surface area (Å²) in [6.07, 6.45) is -0.210. The van der Waals surface area contributed by atoms with Gasteiger partial charge in [-0.3, -0.25) is 0 Å². The monoisotopic (exact) mass is 261 g/mol. The average Bonchev–Trinajstić information content (AvgIpc) is 2.85. The minimum absolute atomic E-state index is 0.220. The normalized spacial score (nSPS) is 18.8. The number of anilines is 1. The lowest BCUT2D eigenvalue weighted by Crippen LogP contribution is -2.25. The lowest BCUT2D eigenvalue weighted by molar-refractivity contribution is 0.156. The summed E-state index contributed by atoms with van der Waals surface area (Å²) in [5.74, 6) is -1.84. The number of benzene rings is 2. The van der Waals surface area contributed by atoms with E-state index in [1.807, 2.05) is 24.3 Å². The van der Waals surface area contributed by atoms with Gasteiger partial charge in [0.1, 0.15) is 0 Å². The molecule has 0 fully saturated rings. The lowest BCUT2D eigenvalue weighted by atomic mass is 9.99. The first kappa shape index (κ1) is 12.1. The Bertz CT molecular complexity index is 590. The number of aliphatic hydroxyl groups excluding tert-OH is 1. The van der Waals surface area contributed by atoms with Gasteiger partial charge in [-0.05, 0) is 35.7 Å². The maximum atomic E-state index is 13.2. The molecule has 0 saturated heterocycles. The molecule has 2 aromatic carbocycles. The lowest BCUT2D eigenvalue weighted by Gasteiger charge is -2.19. The van der Waals surface area contributed by atoms with Crippen LogP contribution in [0.2, 0.25) is 0 Å². The van der Waals surface area contributed by atoms with Gasteiger partial charge in [-0.15, -0.1) is 0 Å². The van der Waals surface area contributed by atoms with E-state index in [4.69, 9.17) is 0 Å². The molecule has 0 spiro atoms. The predicted molar refractivity (Wildman–Crippen MR) is 68.9 cm³/mol. The van der Waals surface area contributed by atoms with Crippen molar-refractivity contribution in [1.82, 2.24) is 0 Å². The molecule has 1 aliphatic heterocycles. The van der Waals surface area contributed by atoms with Crippen molar-refractivity contribution < 1.29 is 13.9 Å². The zero-order valence-corrected chi connectivity index (χ0v) is 10.1. The average molecular weight is 261 g/mol. The molecular weight excluding hydrogens is 248 g/mol. The summed E-state index contributed by atoms with van der Waals surface area (Å²) >= 11 is 0. The minimum Gasteiger partial charge on any atom is -0.386 e. The van der Waals surface area contributed by atoms with Crippen LogP contribution in [0.15, 0.2) is 42.5 Å². The van der Waals surface area contributed by atoms with E-state index in [0.29, 0.717) is 12.0 Å². The molecule has 0 amide bonds. The smallest absolute Gasteiger partial charge is 0.159 e. The number of aliphatic hydroxyl groups is 1. The van der Waals surface area contributed by atoms with Gasteiger partial charge in [-0.2, -0.15) is 0 Å². The maximum absolute atomic E-state index is 13.2. The summed E-state index contributed by atoms with van der Waals surface area (Å²) in [7, 11) is 0. The van der Waals surface area contributed by atoms with Gasteiger partial charge >= 0.3 is 0 Å². The van der Waals surface area contributed by atoms with Crippen molar-refractivity contribution in [2.45, 2.75) is 18.6 Å². The third-order valence-corrected chi connectivity index (χ3v) is 3.46. The van der Waals surface area contributed by atoms with Crippen molar-refractivity contribution in [1.29, 1.82) is 0 Å². The first-order valence-electron chi connectivity index (χ1n) is 6.12. The SMILES string of the molecule is OC(c1ccc(F)c(F)c1)C1Cc2ccccc2N1. The Morgan fingerprint density at radius 2 is 1.89 bits per heavy atom. The molecule has 0 saturated carbocycles. The van der Waals surface area contributed by atoms with Crippen LogP contribution in [0.1, 0.15) is 17.2 Å². The molecule has 0 radical (unpaired) electrons. The molecule has 0 aliphatic carbocycles. The number of halogens is 2. The minimum atomic E-state index is -0.938. The Morgan fingerprint density at radius 1 is 1.11 bits per heavy atom. The van der Waals surface area contributed by atoms with E-state index < -0.39 is 17.7 Å². The third kappa shape index (κ3) is 2.19. The molecule has 2 N–H and O–H groups in total. The molecule has 2 unspecified atom stereocenters. The largest absolute Gasteiger partial charge is 0.386 e. The number of rotatable bonds is 2. The molecule has 98 valence electrons. The quantitative estimate of drug-likeness (QED) is 0.871. The number of nitrogens with one attached hydrogen (secondary N) is 1. The van der Waals surface area contributed by atoms with Crippen LogP contribution >= 0.6 is 0 Å². The summed E-state index contributed by atoms with van der Waals surface area (Å²) in [5, 5.41) is 13.5. The zero-order chi connectivity index (χ0) is 13.4. The Morgan fingerprint density at radius 3 is 2.63 bits per heavy atom. The second-order valence-corrected chi connectivity index (χ2v) is 4.73. The summed E-state index contributed by atoms with van der Waals surface area (Å²) in [5.41, 5.74) is 2.48. The van der Waals surface area contributed by atoms with Crippen molar-refractivity contribution in [3.05, 3.63) is 65.2 Å². The first-order valence-corrected chi connectivity index (χ1v) is 6.12. The van der Waals surface area contributed by atoms with Crippen LogP contribution in [0.25, 0.3) is 0 Å². The fraction of sp³-hybridized carbons (Fsp3) is 0.200. The zero-order valence-electron chi connectivity index (χ0n) is 10.1. The fourth-order valence-electron chi connectivity index (χ4n) is 2.45. The van der Waals surface area contributed by atoms with Gasteiger partial charge in [0.05, 0.1) is 12.1 Å². The van der Waals surface area contributed by atoms with E-state index in [9.17, 15) is 13.9 Å². The van der Waals surface area contributed by atoms with E-state index in [1.165, 1.54) is 6.07 Å². The standard InChI is InChI=1S/C15H13F2NO/c16-11-6-5-10(7-12(11)17)15(19)14-8-9-3-1-2-4-13(9)18-14/h1-7,14-15,18-19H,8H2. The maximum Gasteiger partial charge on any atom is 0.159 e. The second-order valence-electron chi connectivity index (χ2n) is 4.73. The number of para-hydroxylation sites is 1. The van der Waals surface area contributed by atoms with Crippen LogP contribution in [0.5, 0.6) is 0 Å². The van der Waals surface area contributed by atoms with Crippen LogP contribution in [0, 0.1) is 11.6 Å². The predicted octanol–water partition coefficient (Wildman–Crippen LogP) is 3.04. The van der Waals surface area contributed by atoms with Crippen LogP contribution < -0.4 is 5.32 Å². The Balaban J connectivity index is 1.82. The number of hydrogen-bond acceptors (Lipinski definition) is 2. The first-order chi connectivity index (χ1) is 9.15. The van der Waals surface area contributed by atoms with Crippen LogP contribution in [-0.2, 0) is 6.42 Å². The topological polar surface area (TPSA) is 32.3 Å². The van der Waals surface area contributed by atoms with Gasteiger partial charge in [0.2, 0.25) is 0 Å². The highest BCUT2D eigenvalue weighted by atomic mass is 19.2. The van der Waals surface area contributed by atoms with Crippen molar-refractivity contribution in [2.24, 2.45) is 0 Å². The van der Waals surface area contributed by atoms with Gasteiger partial charge in [0.25, 0.3) is 0 Å². The second kappa shape index (κ2) is 4.63. The van der Waals surface area contributed by atoms with E-state index in [-0.39, 0.29) is 6.04 Å². The molecule has 0 aromatic heterocycles. The van der Waals surface area contributed by atoms with Gasteiger partial charge in [-0.1, -0.05) is 24.3 Å². The third-order valence-electron chi connectivity index (χ3n) is 3.46. The van der Waals surface area contributed by atoms with Gasteiger partial charge in [0, 0.05) is 5.69 Å². The summed E-state index contributed by atoms with van der Waals surface area (Å²) in [6, 6.07) is 11.1. The molecule has 3 rings (SSSR count). The summed E-state index contributed by atoms with van der Waals surface area (Å²) < 4.78 is 26.1. The van der Waals surface area contributed by atoms with E-state index in [2.05, 4.69) is 5.32 Å². The molecule has 19 heavy (non-hydrogen) atoms. The summed E-state index contributed by atoms with van der Waals surface area (Å²) in [6.45, 7) is 0. The Labute approximate surface area is 109 Å². The Hall–Kier alpha value is -1.94. The molecule has 2 aromatic rings. The van der Waals surface area contributed by atoms with Crippen LogP contribution in [0.4, 0.5) is 14.5 Å². The molecular formula is C15H13F2NO. The van der Waals surface area contributed by atoms with Crippen LogP contribution in [0.3, 0.4) is 0 Å². The highest BCUT2D eigenvalue weighted by Crippen LogP contribution is 2.32. The number of hydrogen-bond donors (Lipinski definition) is 2. The number of fused-ring (bicyclic) bond motifs is 1. The van der Waals surface area contributed by atoms with Gasteiger partial charge in [-0.25, -0.2) is 8.78 Å². The Kier molecular flexibility index (Phi) is 2.95. The van der Waals surface area contributed by atoms with Crippen molar-refractivity contribution in [3.8, 4) is 0 Å².